The van der Waals surface area contributed by atoms with Gasteiger partial charge in [0.2, 0.25) is 10.0 Å². The second-order valence-electron chi connectivity index (χ2n) is 5.83. The molecule has 7 heteroatoms. The number of methoxy groups -OCH3 is 1. The Morgan fingerprint density at radius 2 is 2.04 bits per heavy atom. The van der Waals surface area contributed by atoms with Crippen molar-refractivity contribution in [2.75, 3.05) is 26.0 Å². The predicted octanol–water partition coefficient (Wildman–Crippen LogP) is 2.75. The number of sulfonamides is 1. The zero-order chi connectivity index (χ0) is 16.9. The number of piperidine rings is 1. The number of hydrogen-bond donors (Lipinski definition) is 1. The molecule has 1 aromatic carbocycles. The van der Waals surface area contributed by atoms with Crippen molar-refractivity contribution in [3.63, 3.8) is 0 Å². The molecule has 0 saturated carbocycles. The highest BCUT2D eigenvalue weighted by Crippen LogP contribution is 2.23. The number of nitrogens with one attached hydrogen (secondary N) is 1. The van der Waals surface area contributed by atoms with Gasteiger partial charge in [0.1, 0.15) is 5.75 Å². The summed E-state index contributed by atoms with van der Waals surface area (Å²) in [5, 5.41) is 3.52. The van der Waals surface area contributed by atoms with Gasteiger partial charge in [-0.15, -0.1) is 0 Å². The first-order chi connectivity index (χ1) is 11.0. The summed E-state index contributed by atoms with van der Waals surface area (Å²) in [4.78, 5) is 0. The lowest BCUT2D eigenvalue weighted by molar-refractivity contribution is 0.287. The third kappa shape index (κ3) is 5.17. The Kier molecular flexibility index (Phi) is 6.88. The van der Waals surface area contributed by atoms with Crippen LogP contribution in [0.3, 0.4) is 0 Å². The van der Waals surface area contributed by atoms with E-state index in [0.717, 1.165) is 35.2 Å². The third-order valence-corrected chi connectivity index (χ3v) is 6.70. The van der Waals surface area contributed by atoms with E-state index in [4.69, 9.17) is 4.74 Å². The molecule has 130 valence electrons. The quantitative estimate of drug-likeness (QED) is 0.758. The highest BCUT2D eigenvalue weighted by molar-refractivity contribution is 9.10. The van der Waals surface area contributed by atoms with Crippen LogP contribution in [0.4, 0.5) is 0 Å². The molecular formula is C16H25BrN2O3S. The molecule has 1 heterocycles. The predicted molar refractivity (Wildman–Crippen MR) is 96.2 cm³/mol. The molecular weight excluding hydrogens is 380 g/mol. The van der Waals surface area contributed by atoms with E-state index in [0.29, 0.717) is 25.6 Å². The summed E-state index contributed by atoms with van der Waals surface area (Å²) in [6.07, 6.45) is 2.36. The minimum Gasteiger partial charge on any atom is -0.496 e. The van der Waals surface area contributed by atoms with Crippen LogP contribution in [0, 0.1) is 0 Å². The Morgan fingerprint density at radius 3 is 2.65 bits per heavy atom. The van der Waals surface area contributed by atoms with E-state index in [2.05, 4.69) is 21.2 Å². The highest BCUT2D eigenvalue weighted by Gasteiger charge is 2.27. The first kappa shape index (κ1) is 18.7. The topological polar surface area (TPSA) is 58.6 Å². The van der Waals surface area contributed by atoms with E-state index in [1.54, 1.807) is 11.4 Å². The van der Waals surface area contributed by atoms with Crippen LogP contribution in [0.5, 0.6) is 5.75 Å². The van der Waals surface area contributed by atoms with Gasteiger partial charge < -0.3 is 10.1 Å². The summed E-state index contributed by atoms with van der Waals surface area (Å²) in [6, 6.07) is 6.29. The van der Waals surface area contributed by atoms with Crippen molar-refractivity contribution in [1.29, 1.82) is 0 Å². The lowest BCUT2D eigenvalue weighted by Crippen LogP contribution is -2.45. The summed E-state index contributed by atoms with van der Waals surface area (Å²) in [5.41, 5.74) is 1.10. The first-order valence-corrected chi connectivity index (χ1v) is 10.4. The molecule has 2 rings (SSSR count). The van der Waals surface area contributed by atoms with Crippen LogP contribution in [0.25, 0.3) is 0 Å². The van der Waals surface area contributed by atoms with E-state index < -0.39 is 10.0 Å². The number of nitrogens with zero attached hydrogens (tertiary/aromatic N) is 1. The third-order valence-electron chi connectivity index (χ3n) is 4.13. The summed E-state index contributed by atoms with van der Waals surface area (Å²) in [7, 11) is -1.39. The van der Waals surface area contributed by atoms with Gasteiger partial charge in [-0.2, -0.15) is 0 Å². The van der Waals surface area contributed by atoms with Crippen molar-refractivity contribution in [3.05, 3.63) is 28.2 Å². The summed E-state index contributed by atoms with van der Waals surface area (Å²) >= 11 is 3.48. The molecule has 23 heavy (non-hydrogen) atoms. The van der Waals surface area contributed by atoms with E-state index in [-0.39, 0.29) is 5.75 Å². The smallest absolute Gasteiger partial charge is 0.214 e. The molecule has 0 amide bonds. The number of hydrogen-bond acceptors (Lipinski definition) is 4. The van der Waals surface area contributed by atoms with Gasteiger partial charge in [-0.3, -0.25) is 0 Å². The molecule has 1 fully saturated rings. The van der Waals surface area contributed by atoms with Crippen molar-refractivity contribution in [2.24, 2.45) is 0 Å². The van der Waals surface area contributed by atoms with Gasteiger partial charge in [0.05, 0.1) is 12.9 Å². The van der Waals surface area contributed by atoms with Crippen molar-refractivity contribution in [3.8, 4) is 5.75 Å². The molecule has 0 aliphatic carbocycles. The van der Waals surface area contributed by atoms with Gasteiger partial charge >= 0.3 is 0 Å². The molecule has 0 bridgehead atoms. The summed E-state index contributed by atoms with van der Waals surface area (Å²) in [5.74, 6) is 1.11. The summed E-state index contributed by atoms with van der Waals surface area (Å²) in [6.45, 7) is 3.83. The Balaban J connectivity index is 1.87. The Labute approximate surface area is 147 Å². The van der Waals surface area contributed by atoms with E-state index in [1.165, 1.54) is 0 Å². The number of ether oxygens (including phenoxy) is 1. The van der Waals surface area contributed by atoms with Gasteiger partial charge in [-0.05, 0) is 37.5 Å². The van der Waals surface area contributed by atoms with Crippen LogP contribution in [-0.4, -0.2) is 44.7 Å². The Hall–Kier alpha value is -0.630. The maximum Gasteiger partial charge on any atom is 0.214 e. The van der Waals surface area contributed by atoms with Crippen molar-refractivity contribution in [1.82, 2.24) is 9.62 Å². The molecule has 1 saturated heterocycles. The maximum absolute atomic E-state index is 12.1. The fourth-order valence-corrected chi connectivity index (χ4v) is 4.81. The standard InChI is InChI=1S/C16H25BrN2O3S/c1-3-10-23(20,21)19-8-6-15(7-9-19)18-12-13-11-14(17)4-5-16(13)22-2/h4-5,11,15,18H,3,6-10,12H2,1-2H3. The molecule has 0 atom stereocenters. The fraction of sp³-hybridized carbons (Fsp3) is 0.625. The van der Waals surface area contributed by atoms with Gasteiger partial charge in [0.15, 0.2) is 0 Å². The number of benzene rings is 1. The second-order valence-corrected chi connectivity index (χ2v) is 8.83. The monoisotopic (exact) mass is 404 g/mol. The highest BCUT2D eigenvalue weighted by atomic mass is 79.9. The van der Waals surface area contributed by atoms with E-state index in [1.807, 2.05) is 25.1 Å². The molecule has 1 aromatic rings. The lowest BCUT2D eigenvalue weighted by Gasteiger charge is -2.31. The van der Waals surface area contributed by atoms with Crippen molar-refractivity contribution >= 4 is 26.0 Å². The van der Waals surface area contributed by atoms with E-state index >= 15 is 0 Å². The SMILES string of the molecule is CCCS(=O)(=O)N1CCC(NCc2cc(Br)ccc2OC)CC1. The molecule has 0 aromatic heterocycles. The van der Waals surface area contributed by atoms with Gasteiger partial charge in [0.25, 0.3) is 0 Å². The second kappa shape index (κ2) is 8.46. The Bertz CT molecular complexity index is 614. The van der Waals surface area contributed by atoms with Crippen LogP contribution < -0.4 is 10.1 Å². The molecule has 1 aliphatic heterocycles. The van der Waals surface area contributed by atoms with Crippen molar-refractivity contribution in [2.45, 2.75) is 38.8 Å². The van der Waals surface area contributed by atoms with Crippen LogP contribution in [-0.2, 0) is 16.6 Å². The normalized spacial score (nSPS) is 17.3. The molecule has 1 N–H and O–H groups in total. The average molecular weight is 405 g/mol. The minimum absolute atomic E-state index is 0.250. The molecule has 0 radical (unpaired) electrons. The molecule has 5 nitrogen and oxygen atoms in total. The van der Waals surface area contributed by atoms with Gasteiger partial charge in [0, 0.05) is 35.7 Å². The Morgan fingerprint density at radius 1 is 1.35 bits per heavy atom. The zero-order valence-corrected chi connectivity index (χ0v) is 16.1. The zero-order valence-electron chi connectivity index (χ0n) is 13.7. The largest absolute Gasteiger partial charge is 0.496 e. The summed E-state index contributed by atoms with van der Waals surface area (Å²) < 4.78 is 32.2. The van der Waals surface area contributed by atoms with Gasteiger partial charge in [-0.1, -0.05) is 22.9 Å². The van der Waals surface area contributed by atoms with Crippen LogP contribution in [0.2, 0.25) is 0 Å². The lowest BCUT2D eigenvalue weighted by atomic mass is 10.1. The van der Waals surface area contributed by atoms with Crippen LogP contribution in [0.15, 0.2) is 22.7 Å². The van der Waals surface area contributed by atoms with Crippen molar-refractivity contribution < 1.29 is 13.2 Å². The average Bonchev–Trinajstić information content (AvgIpc) is 2.53. The van der Waals surface area contributed by atoms with Crippen LogP contribution in [0.1, 0.15) is 31.7 Å². The molecule has 0 unspecified atom stereocenters. The fourth-order valence-electron chi connectivity index (χ4n) is 2.86. The minimum atomic E-state index is -3.06. The number of rotatable bonds is 7. The van der Waals surface area contributed by atoms with E-state index in [9.17, 15) is 8.42 Å². The maximum atomic E-state index is 12.1. The number of halogens is 1. The van der Waals surface area contributed by atoms with Crippen LogP contribution >= 0.6 is 15.9 Å². The van der Waals surface area contributed by atoms with Gasteiger partial charge in [-0.25, -0.2) is 12.7 Å². The first-order valence-electron chi connectivity index (χ1n) is 8.00. The molecule has 1 aliphatic rings. The molecule has 0 spiro atoms.